The third-order valence-corrected chi connectivity index (χ3v) is 5.02. The van der Waals surface area contributed by atoms with Gasteiger partial charge in [0, 0.05) is 36.9 Å². The van der Waals surface area contributed by atoms with E-state index in [0.29, 0.717) is 36.4 Å². The van der Waals surface area contributed by atoms with Gasteiger partial charge >= 0.3 is 0 Å². The van der Waals surface area contributed by atoms with Crippen LogP contribution >= 0.6 is 0 Å². The number of allylic oxidation sites excluding steroid dienone is 2. The van der Waals surface area contributed by atoms with Gasteiger partial charge in [-0.25, -0.2) is 0 Å². The summed E-state index contributed by atoms with van der Waals surface area (Å²) in [5.41, 5.74) is 0.571. The first kappa shape index (κ1) is 18.9. The average Bonchev–Trinajstić information content (AvgIpc) is 2.92. The number of ether oxygens (including phenoxy) is 2. The van der Waals surface area contributed by atoms with Gasteiger partial charge in [0.2, 0.25) is 17.7 Å². The number of anilines is 1. The molecule has 3 rings (SSSR count). The van der Waals surface area contributed by atoms with Crippen molar-refractivity contribution in [3.05, 3.63) is 30.4 Å². The Morgan fingerprint density at radius 2 is 1.59 bits per heavy atom. The topological polar surface area (TPSA) is 84.9 Å². The van der Waals surface area contributed by atoms with Crippen molar-refractivity contribution < 1.29 is 23.9 Å². The maximum absolute atomic E-state index is 12.4. The molecule has 7 heteroatoms. The van der Waals surface area contributed by atoms with Crippen LogP contribution in [0.4, 0.5) is 5.69 Å². The van der Waals surface area contributed by atoms with E-state index in [0.717, 1.165) is 0 Å². The zero-order chi connectivity index (χ0) is 19.4. The van der Waals surface area contributed by atoms with Crippen LogP contribution in [0.2, 0.25) is 0 Å². The van der Waals surface area contributed by atoms with E-state index in [4.69, 9.17) is 9.47 Å². The second-order valence-corrected chi connectivity index (χ2v) is 6.74. The summed E-state index contributed by atoms with van der Waals surface area (Å²) in [6.45, 7) is 0.277. The predicted molar refractivity (Wildman–Crippen MR) is 99.5 cm³/mol. The highest BCUT2D eigenvalue weighted by atomic mass is 16.5. The largest absolute Gasteiger partial charge is 0.497 e. The van der Waals surface area contributed by atoms with Gasteiger partial charge in [-0.3, -0.25) is 19.3 Å². The molecular formula is C20H24N2O5. The molecule has 1 aromatic carbocycles. The Labute approximate surface area is 158 Å². The number of nitrogens with zero attached hydrogens (tertiary/aromatic N) is 1. The number of nitrogens with one attached hydrogen (secondary N) is 1. The van der Waals surface area contributed by atoms with E-state index in [1.54, 1.807) is 18.2 Å². The van der Waals surface area contributed by atoms with Gasteiger partial charge in [0.15, 0.2) is 0 Å². The Morgan fingerprint density at radius 3 is 2.11 bits per heavy atom. The molecule has 1 N–H and O–H groups in total. The number of carbonyl (C=O) groups excluding carboxylic acids is 3. The highest BCUT2D eigenvalue weighted by Crippen LogP contribution is 2.35. The van der Waals surface area contributed by atoms with Crippen LogP contribution in [-0.4, -0.2) is 43.4 Å². The second kappa shape index (κ2) is 8.24. The minimum Gasteiger partial charge on any atom is -0.497 e. The van der Waals surface area contributed by atoms with E-state index < -0.39 is 0 Å². The van der Waals surface area contributed by atoms with Gasteiger partial charge in [-0.05, 0) is 19.3 Å². The van der Waals surface area contributed by atoms with Crippen LogP contribution in [0.5, 0.6) is 11.5 Å². The van der Waals surface area contributed by atoms with Crippen molar-refractivity contribution in [2.45, 2.75) is 25.7 Å². The summed E-state index contributed by atoms with van der Waals surface area (Å²) in [7, 11) is 3.08. The maximum atomic E-state index is 12.4. The minimum absolute atomic E-state index is 0.104. The summed E-state index contributed by atoms with van der Waals surface area (Å²) < 4.78 is 10.4. The van der Waals surface area contributed by atoms with Crippen LogP contribution in [0, 0.1) is 11.8 Å². The van der Waals surface area contributed by atoms with Crippen LogP contribution in [-0.2, 0) is 14.4 Å². The molecule has 0 unspecified atom stereocenters. The van der Waals surface area contributed by atoms with E-state index in [1.165, 1.54) is 19.1 Å². The first-order valence-electron chi connectivity index (χ1n) is 9.06. The first-order chi connectivity index (χ1) is 13.0. The van der Waals surface area contributed by atoms with Gasteiger partial charge in [0.1, 0.15) is 11.5 Å². The quantitative estimate of drug-likeness (QED) is 0.587. The number of hydrogen-bond donors (Lipinski definition) is 1. The zero-order valence-electron chi connectivity index (χ0n) is 15.6. The fraction of sp³-hybridized carbons (Fsp3) is 0.450. The maximum Gasteiger partial charge on any atom is 0.233 e. The first-order valence-corrected chi connectivity index (χ1v) is 9.06. The molecule has 1 aliphatic carbocycles. The van der Waals surface area contributed by atoms with Crippen LogP contribution in [0.1, 0.15) is 25.7 Å². The van der Waals surface area contributed by atoms with Gasteiger partial charge in [0.25, 0.3) is 0 Å². The number of likely N-dealkylation sites (tertiary alicyclic amines) is 1. The monoisotopic (exact) mass is 372 g/mol. The standard InChI is InChI=1S/C20H24N2O5/c1-26-14-10-13(11-15(12-14)27-2)21-18(23)8-5-9-22-19(24)16-6-3-4-7-17(16)20(22)25/h3-4,10-12,16-17H,5-9H2,1-2H3,(H,21,23)/t16-,17+. The van der Waals surface area contributed by atoms with Crippen LogP contribution < -0.4 is 14.8 Å². The number of carbonyl (C=O) groups is 3. The van der Waals surface area contributed by atoms with E-state index in [2.05, 4.69) is 5.32 Å². The summed E-state index contributed by atoms with van der Waals surface area (Å²) in [4.78, 5) is 38.3. The van der Waals surface area contributed by atoms with Gasteiger partial charge < -0.3 is 14.8 Å². The Bertz CT molecular complexity index is 725. The van der Waals surface area contributed by atoms with Crippen molar-refractivity contribution in [1.29, 1.82) is 0 Å². The minimum atomic E-state index is -0.222. The molecule has 0 radical (unpaired) electrons. The molecule has 1 saturated heterocycles. The van der Waals surface area contributed by atoms with E-state index in [9.17, 15) is 14.4 Å². The van der Waals surface area contributed by atoms with Crippen molar-refractivity contribution in [2.75, 3.05) is 26.1 Å². The summed E-state index contributed by atoms with van der Waals surface area (Å²) in [6, 6.07) is 5.12. The Balaban J connectivity index is 1.51. The number of imide groups is 1. The molecular weight excluding hydrogens is 348 g/mol. The summed E-state index contributed by atoms with van der Waals surface area (Å²) in [6.07, 6.45) is 5.83. The molecule has 2 aliphatic rings. The van der Waals surface area contributed by atoms with Crippen molar-refractivity contribution in [2.24, 2.45) is 11.8 Å². The molecule has 1 aliphatic heterocycles. The zero-order valence-corrected chi connectivity index (χ0v) is 15.6. The number of benzene rings is 1. The van der Waals surface area contributed by atoms with Crippen LogP contribution in [0.3, 0.4) is 0 Å². The third-order valence-electron chi connectivity index (χ3n) is 5.02. The normalized spacial score (nSPS) is 21.2. The molecule has 2 atom stereocenters. The van der Waals surface area contributed by atoms with Crippen molar-refractivity contribution >= 4 is 23.4 Å². The van der Waals surface area contributed by atoms with E-state index in [-0.39, 0.29) is 42.5 Å². The molecule has 1 fully saturated rings. The molecule has 0 spiro atoms. The SMILES string of the molecule is COc1cc(NC(=O)CCCN2C(=O)[C@H]3CC=CC[C@H]3C2=O)cc(OC)c1. The fourth-order valence-electron chi connectivity index (χ4n) is 3.59. The summed E-state index contributed by atoms with van der Waals surface area (Å²) in [5, 5.41) is 2.79. The number of amides is 3. The second-order valence-electron chi connectivity index (χ2n) is 6.74. The smallest absolute Gasteiger partial charge is 0.233 e. The van der Waals surface area contributed by atoms with Gasteiger partial charge in [-0.1, -0.05) is 12.2 Å². The van der Waals surface area contributed by atoms with E-state index >= 15 is 0 Å². The lowest BCUT2D eigenvalue weighted by Gasteiger charge is -2.14. The van der Waals surface area contributed by atoms with Crippen LogP contribution in [0.15, 0.2) is 30.4 Å². The molecule has 1 heterocycles. The lowest BCUT2D eigenvalue weighted by atomic mass is 9.85. The molecule has 0 bridgehead atoms. The molecule has 0 aromatic heterocycles. The highest BCUT2D eigenvalue weighted by Gasteiger charge is 2.46. The Morgan fingerprint density at radius 1 is 1.04 bits per heavy atom. The molecule has 144 valence electrons. The molecule has 1 aromatic rings. The Hall–Kier alpha value is -2.83. The van der Waals surface area contributed by atoms with Gasteiger partial charge in [-0.15, -0.1) is 0 Å². The lowest BCUT2D eigenvalue weighted by Crippen LogP contribution is -2.32. The van der Waals surface area contributed by atoms with Gasteiger partial charge in [0.05, 0.1) is 26.1 Å². The van der Waals surface area contributed by atoms with E-state index in [1.807, 2.05) is 12.2 Å². The van der Waals surface area contributed by atoms with Gasteiger partial charge in [-0.2, -0.15) is 0 Å². The summed E-state index contributed by atoms with van der Waals surface area (Å²) >= 11 is 0. The lowest BCUT2D eigenvalue weighted by molar-refractivity contribution is -0.140. The average molecular weight is 372 g/mol. The van der Waals surface area contributed by atoms with Crippen LogP contribution in [0.25, 0.3) is 0 Å². The van der Waals surface area contributed by atoms with Crippen molar-refractivity contribution in [3.8, 4) is 11.5 Å². The summed E-state index contributed by atoms with van der Waals surface area (Å²) in [5.74, 6) is 0.312. The molecule has 27 heavy (non-hydrogen) atoms. The molecule has 3 amide bonds. The predicted octanol–water partition coefficient (Wildman–Crippen LogP) is 2.37. The number of fused-ring (bicyclic) bond motifs is 1. The molecule has 0 saturated carbocycles. The fourth-order valence-corrected chi connectivity index (χ4v) is 3.59. The highest BCUT2D eigenvalue weighted by molar-refractivity contribution is 6.05. The van der Waals surface area contributed by atoms with Crippen molar-refractivity contribution in [1.82, 2.24) is 4.90 Å². The number of methoxy groups -OCH3 is 2. The van der Waals surface area contributed by atoms with Crippen molar-refractivity contribution in [3.63, 3.8) is 0 Å². The molecule has 7 nitrogen and oxygen atoms in total. The third kappa shape index (κ3) is 4.13. The number of rotatable bonds is 7. The Kier molecular flexibility index (Phi) is 5.78. The number of hydrogen-bond acceptors (Lipinski definition) is 5.